The van der Waals surface area contributed by atoms with Gasteiger partial charge in [0.1, 0.15) is 12.4 Å². The molecule has 0 spiro atoms. The van der Waals surface area contributed by atoms with E-state index in [0.29, 0.717) is 24.5 Å². The number of hydrogen-bond donors (Lipinski definition) is 1. The summed E-state index contributed by atoms with van der Waals surface area (Å²) in [5.41, 5.74) is 4.33. The van der Waals surface area contributed by atoms with Crippen LogP contribution >= 0.6 is 11.3 Å². The number of nitrogens with zero attached hydrogens (tertiary/aromatic N) is 3. The Balaban J connectivity index is 1.51. The molecule has 6 nitrogen and oxygen atoms in total. The number of carbonyl (C=O) groups is 1. The second-order valence-electron chi connectivity index (χ2n) is 6.30. The number of nitrogens with one attached hydrogen (secondary N) is 1. The molecule has 3 heterocycles. The molecule has 1 saturated heterocycles. The summed E-state index contributed by atoms with van der Waals surface area (Å²) in [5.74, 6) is 0.673. The van der Waals surface area contributed by atoms with Crippen molar-refractivity contribution in [3.63, 3.8) is 0 Å². The third-order valence-corrected chi connectivity index (χ3v) is 5.16. The van der Waals surface area contributed by atoms with Crippen molar-refractivity contribution >= 4 is 17.2 Å². The second-order valence-corrected chi connectivity index (χ2v) is 7.02. The fraction of sp³-hybridized carbons (Fsp3) is 0.250. The van der Waals surface area contributed by atoms with E-state index in [1.54, 1.807) is 17.8 Å². The SMILES string of the molecule is O=C(c1cccc(OCc2cscn2)c1)N1CCNCC1c1cccnc1. The van der Waals surface area contributed by atoms with E-state index < -0.39 is 0 Å². The third-order valence-electron chi connectivity index (χ3n) is 4.52. The summed E-state index contributed by atoms with van der Waals surface area (Å²) in [5, 5.41) is 5.32. The van der Waals surface area contributed by atoms with Gasteiger partial charge in [0, 0.05) is 43.0 Å². The zero-order chi connectivity index (χ0) is 18.5. The van der Waals surface area contributed by atoms with Crippen LogP contribution in [-0.4, -0.2) is 40.4 Å². The van der Waals surface area contributed by atoms with Crippen molar-refractivity contribution in [2.45, 2.75) is 12.6 Å². The highest BCUT2D eigenvalue weighted by Crippen LogP contribution is 2.25. The first-order valence-corrected chi connectivity index (χ1v) is 9.77. The zero-order valence-corrected chi connectivity index (χ0v) is 15.6. The molecule has 1 aliphatic rings. The molecule has 27 heavy (non-hydrogen) atoms. The normalized spacial score (nSPS) is 16.9. The van der Waals surface area contributed by atoms with Gasteiger partial charge in [0.2, 0.25) is 0 Å². The smallest absolute Gasteiger partial charge is 0.254 e. The van der Waals surface area contributed by atoms with Gasteiger partial charge in [-0.15, -0.1) is 11.3 Å². The Morgan fingerprint density at radius 3 is 3.11 bits per heavy atom. The lowest BCUT2D eigenvalue weighted by molar-refractivity contribution is 0.0633. The monoisotopic (exact) mass is 380 g/mol. The molecule has 1 amide bonds. The van der Waals surface area contributed by atoms with Crippen LogP contribution in [0.3, 0.4) is 0 Å². The Bertz CT molecular complexity index is 886. The lowest BCUT2D eigenvalue weighted by Gasteiger charge is -2.36. The average Bonchev–Trinajstić information content (AvgIpc) is 3.26. The van der Waals surface area contributed by atoms with E-state index in [9.17, 15) is 4.79 Å². The first kappa shape index (κ1) is 17.6. The van der Waals surface area contributed by atoms with E-state index in [0.717, 1.165) is 24.3 Å². The van der Waals surface area contributed by atoms with Crippen LogP contribution in [0.25, 0.3) is 0 Å². The second kappa shape index (κ2) is 8.28. The summed E-state index contributed by atoms with van der Waals surface area (Å²) in [6.07, 6.45) is 3.57. The maximum absolute atomic E-state index is 13.2. The molecular formula is C20H20N4O2S. The van der Waals surface area contributed by atoms with E-state index >= 15 is 0 Å². The molecular weight excluding hydrogens is 360 g/mol. The predicted octanol–water partition coefficient (Wildman–Crippen LogP) is 2.90. The van der Waals surface area contributed by atoms with Crippen molar-refractivity contribution < 1.29 is 9.53 Å². The highest BCUT2D eigenvalue weighted by Gasteiger charge is 2.28. The summed E-state index contributed by atoms with van der Waals surface area (Å²) in [6.45, 7) is 2.55. The van der Waals surface area contributed by atoms with Crippen molar-refractivity contribution in [2.75, 3.05) is 19.6 Å². The van der Waals surface area contributed by atoms with Crippen LogP contribution in [0.1, 0.15) is 27.7 Å². The largest absolute Gasteiger partial charge is 0.487 e. The number of thiazole rings is 1. The third kappa shape index (κ3) is 4.15. The lowest BCUT2D eigenvalue weighted by atomic mass is 10.0. The summed E-state index contributed by atoms with van der Waals surface area (Å²) in [4.78, 5) is 23.5. The summed E-state index contributed by atoms with van der Waals surface area (Å²) in [7, 11) is 0. The Labute approximate surface area is 161 Å². The number of amides is 1. The van der Waals surface area contributed by atoms with Crippen LogP contribution in [0.2, 0.25) is 0 Å². The Morgan fingerprint density at radius 1 is 1.33 bits per heavy atom. The molecule has 1 aromatic carbocycles. The van der Waals surface area contributed by atoms with Gasteiger partial charge < -0.3 is 15.0 Å². The van der Waals surface area contributed by atoms with Gasteiger partial charge in [-0.1, -0.05) is 12.1 Å². The van der Waals surface area contributed by atoms with Gasteiger partial charge in [-0.25, -0.2) is 4.98 Å². The summed E-state index contributed by atoms with van der Waals surface area (Å²) in [6, 6.07) is 11.2. The highest BCUT2D eigenvalue weighted by atomic mass is 32.1. The van der Waals surface area contributed by atoms with Gasteiger partial charge in [0.05, 0.1) is 17.2 Å². The molecule has 1 unspecified atom stereocenters. The first-order chi connectivity index (χ1) is 13.3. The summed E-state index contributed by atoms with van der Waals surface area (Å²) >= 11 is 1.54. The van der Waals surface area contributed by atoms with Gasteiger partial charge in [-0.05, 0) is 29.8 Å². The van der Waals surface area contributed by atoms with Gasteiger partial charge in [0.25, 0.3) is 5.91 Å². The standard InChI is InChI=1S/C20H20N4O2S/c25-20(24-8-7-22-11-19(24)16-4-2-6-21-10-16)15-3-1-5-18(9-15)26-12-17-13-27-14-23-17/h1-6,9-10,13-14,19,22H,7-8,11-12H2. The maximum Gasteiger partial charge on any atom is 0.254 e. The molecule has 2 aromatic heterocycles. The van der Waals surface area contributed by atoms with E-state index in [-0.39, 0.29) is 11.9 Å². The Morgan fingerprint density at radius 2 is 2.30 bits per heavy atom. The van der Waals surface area contributed by atoms with Gasteiger partial charge in [-0.3, -0.25) is 9.78 Å². The van der Waals surface area contributed by atoms with Crippen LogP contribution in [0.5, 0.6) is 5.75 Å². The number of rotatable bonds is 5. The van der Waals surface area contributed by atoms with Gasteiger partial charge in [-0.2, -0.15) is 0 Å². The van der Waals surface area contributed by atoms with E-state index in [4.69, 9.17) is 4.74 Å². The molecule has 0 saturated carbocycles. The average molecular weight is 380 g/mol. The molecule has 4 rings (SSSR count). The Kier molecular flexibility index (Phi) is 5.41. The number of piperazine rings is 1. The predicted molar refractivity (Wildman–Crippen MR) is 104 cm³/mol. The number of pyridine rings is 1. The quantitative estimate of drug-likeness (QED) is 0.737. The minimum Gasteiger partial charge on any atom is -0.487 e. The first-order valence-electron chi connectivity index (χ1n) is 8.83. The highest BCUT2D eigenvalue weighted by molar-refractivity contribution is 7.07. The van der Waals surface area contributed by atoms with Crippen LogP contribution in [-0.2, 0) is 6.61 Å². The maximum atomic E-state index is 13.2. The van der Waals surface area contributed by atoms with E-state index in [1.165, 1.54) is 11.3 Å². The van der Waals surface area contributed by atoms with E-state index in [1.807, 2.05) is 46.8 Å². The minimum atomic E-state index is -0.0282. The van der Waals surface area contributed by atoms with Crippen LogP contribution in [0, 0.1) is 0 Å². The molecule has 1 aliphatic heterocycles. The van der Waals surface area contributed by atoms with Gasteiger partial charge in [0.15, 0.2) is 0 Å². The zero-order valence-electron chi connectivity index (χ0n) is 14.7. The van der Waals surface area contributed by atoms with Crippen molar-refractivity contribution in [3.05, 3.63) is 76.5 Å². The van der Waals surface area contributed by atoms with Crippen molar-refractivity contribution in [1.29, 1.82) is 0 Å². The number of hydrogen-bond acceptors (Lipinski definition) is 6. The molecule has 0 bridgehead atoms. The van der Waals surface area contributed by atoms with Crippen LogP contribution < -0.4 is 10.1 Å². The summed E-state index contributed by atoms with van der Waals surface area (Å²) < 4.78 is 5.79. The van der Waals surface area contributed by atoms with E-state index in [2.05, 4.69) is 15.3 Å². The molecule has 7 heteroatoms. The molecule has 138 valence electrons. The molecule has 0 aliphatic carbocycles. The minimum absolute atomic E-state index is 0.00413. The Hall–Kier alpha value is -2.77. The molecule has 1 atom stereocenters. The molecule has 3 aromatic rings. The van der Waals surface area contributed by atoms with Crippen molar-refractivity contribution in [3.8, 4) is 5.75 Å². The van der Waals surface area contributed by atoms with Gasteiger partial charge >= 0.3 is 0 Å². The number of carbonyl (C=O) groups excluding carboxylic acids is 1. The molecule has 1 fully saturated rings. The number of benzene rings is 1. The van der Waals surface area contributed by atoms with Crippen molar-refractivity contribution in [2.24, 2.45) is 0 Å². The number of aromatic nitrogens is 2. The van der Waals surface area contributed by atoms with Crippen LogP contribution in [0.4, 0.5) is 0 Å². The van der Waals surface area contributed by atoms with Crippen molar-refractivity contribution in [1.82, 2.24) is 20.2 Å². The van der Waals surface area contributed by atoms with Crippen LogP contribution in [0.15, 0.2) is 59.7 Å². The fourth-order valence-corrected chi connectivity index (χ4v) is 3.71. The lowest BCUT2D eigenvalue weighted by Crippen LogP contribution is -2.48. The molecule has 1 N–H and O–H groups in total. The molecule has 0 radical (unpaired) electrons. The number of ether oxygens (including phenoxy) is 1. The fourth-order valence-electron chi connectivity index (χ4n) is 3.17. The topological polar surface area (TPSA) is 67.3 Å².